The molecule has 1 aromatic carbocycles. The third kappa shape index (κ3) is 4.18. The van der Waals surface area contributed by atoms with E-state index in [9.17, 15) is 22.8 Å². The van der Waals surface area contributed by atoms with Gasteiger partial charge in [0.25, 0.3) is 0 Å². The number of fused-ring (bicyclic) bond motifs is 1. The van der Waals surface area contributed by atoms with Crippen LogP contribution in [0.25, 0.3) is 11.0 Å². The van der Waals surface area contributed by atoms with E-state index in [1.165, 1.54) is 17.0 Å². The molecule has 2 heterocycles. The van der Waals surface area contributed by atoms with Crippen LogP contribution in [-0.4, -0.2) is 38.7 Å². The molecule has 3 rings (SSSR count). The zero-order chi connectivity index (χ0) is 20.7. The molecule has 1 fully saturated rings. The van der Waals surface area contributed by atoms with Crippen LogP contribution in [0.2, 0.25) is 0 Å². The summed E-state index contributed by atoms with van der Waals surface area (Å²) < 4.78 is 46.9. The van der Waals surface area contributed by atoms with Crippen LogP contribution in [0.15, 0.2) is 23.0 Å². The molecule has 0 saturated carbocycles. The van der Waals surface area contributed by atoms with Crippen molar-refractivity contribution in [3.05, 3.63) is 34.2 Å². The third-order valence-corrected chi connectivity index (χ3v) is 4.75. The van der Waals surface area contributed by atoms with Crippen LogP contribution >= 0.6 is 0 Å². The minimum atomic E-state index is -4.59. The molecule has 1 aliphatic heterocycles. The zero-order valence-electron chi connectivity index (χ0n) is 16.1. The summed E-state index contributed by atoms with van der Waals surface area (Å²) in [5.41, 5.74) is -2.24. The molecule has 1 amide bonds. The summed E-state index contributed by atoms with van der Waals surface area (Å²) >= 11 is 0. The van der Waals surface area contributed by atoms with Crippen molar-refractivity contribution in [3.63, 3.8) is 0 Å². The van der Waals surface area contributed by atoms with Gasteiger partial charge in [0.15, 0.2) is 0 Å². The monoisotopic (exact) mass is 399 g/mol. The lowest BCUT2D eigenvalue weighted by atomic mass is 10.0. The maximum Gasteiger partial charge on any atom is 0.418 e. The molecule has 0 bridgehead atoms. The number of carbonyl (C=O) groups excluding carboxylic acids is 1. The number of hydrogen-bond donors (Lipinski definition) is 1. The minimum absolute atomic E-state index is 0.0226. The van der Waals surface area contributed by atoms with Crippen LogP contribution in [0.1, 0.15) is 45.6 Å². The van der Waals surface area contributed by atoms with Gasteiger partial charge in [0, 0.05) is 13.1 Å². The molecule has 1 N–H and O–H groups in total. The van der Waals surface area contributed by atoms with E-state index in [4.69, 9.17) is 4.74 Å². The second-order valence-corrected chi connectivity index (χ2v) is 8.06. The number of carbonyl (C=O) groups is 1. The van der Waals surface area contributed by atoms with E-state index >= 15 is 0 Å². The Hall–Kier alpha value is -2.45. The first-order valence-corrected chi connectivity index (χ1v) is 9.26. The molecule has 9 heteroatoms. The van der Waals surface area contributed by atoms with Crippen molar-refractivity contribution in [3.8, 4) is 0 Å². The zero-order valence-corrected chi connectivity index (χ0v) is 16.1. The summed E-state index contributed by atoms with van der Waals surface area (Å²) in [5, 5.41) is 0. The molecule has 1 atom stereocenters. The fraction of sp³-hybridized carbons (Fsp3) is 0.579. The van der Waals surface area contributed by atoms with Gasteiger partial charge >= 0.3 is 18.0 Å². The summed E-state index contributed by atoms with van der Waals surface area (Å²) in [6, 6.07) is 3.24. The highest BCUT2D eigenvalue weighted by Gasteiger charge is 2.36. The third-order valence-electron chi connectivity index (χ3n) is 4.75. The average Bonchev–Trinajstić information content (AvgIpc) is 2.88. The molecule has 154 valence electrons. The Morgan fingerprint density at radius 3 is 2.61 bits per heavy atom. The lowest BCUT2D eigenvalue weighted by Gasteiger charge is -2.37. The van der Waals surface area contributed by atoms with Crippen LogP contribution in [0.5, 0.6) is 0 Å². The topological polar surface area (TPSA) is 67.3 Å². The highest BCUT2D eigenvalue weighted by Crippen LogP contribution is 2.34. The molecule has 0 aliphatic carbocycles. The number of likely N-dealkylation sites (tertiary alicyclic amines) is 1. The van der Waals surface area contributed by atoms with Crippen molar-refractivity contribution >= 4 is 17.1 Å². The van der Waals surface area contributed by atoms with Crippen LogP contribution < -0.4 is 5.69 Å². The number of ether oxygens (including phenoxy) is 1. The maximum atomic E-state index is 13.5. The number of para-hydroxylation sites is 1. The van der Waals surface area contributed by atoms with E-state index in [0.717, 1.165) is 23.5 Å². The average molecular weight is 399 g/mol. The van der Waals surface area contributed by atoms with Crippen LogP contribution in [-0.2, 0) is 17.5 Å². The quantitative estimate of drug-likeness (QED) is 0.825. The fourth-order valence-corrected chi connectivity index (χ4v) is 3.58. The number of piperidine rings is 1. The second-order valence-electron chi connectivity index (χ2n) is 8.06. The fourth-order valence-electron chi connectivity index (χ4n) is 3.58. The number of imidazole rings is 1. The Morgan fingerprint density at radius 2 is 1.96 bits per heavy atom. The summed E-state index contributed by atoms with van der Waals surface area (Å²) in [5.74, 6) is 0. The van der Waals surface area contributed by atoms with Gasteiger partial charge in [-0.25, -0.2) is 9.59 Å². The Morgan fingerprint density at radius 1 is 1.25 bits per heavy atom. The van der Waals surface area contributed by atoms with Gasteiger partial charge in [-0.15, -0.1) is 0 Å². The molecule has 1 aromatic heterocycles. The lowest BCUT2D eigenvalue weighted by molar-refractivity contribution is -0.136. The normalized spacial score (nSPS) is 18.5. The van der Waals surface area contributed by atoms with Gasteiger partial charge in [0.2, 0.25) is 0 Å². The Labute approximate surface area is 160 Å². The minimum Gasteiger partial charge on any atom is -0.444 e. The number of halogens is 3. The number of alkyl halides is 3. The SMILES string of the molecule is CC(C)(C)OC(=O)N1CCCCC1Cn1c(=O)[nH]c2cccc(C(F)(F)F)c21. The first-order chi connectivity index (χ1) is 13.0. The number of benzene rings is 1. The van der Waals surface area contributed by atoms with E-state index < -0.39 is 35.2 Å². The van der Waals surface area contributed by atoms with Crippen LogP contribution in [0.4, 0.5) is 18.0 Å². The molecule has 0 radical (unpaired) electrons. The molecule has 1 saturated heterocycles. The summed E-state index contributed by atoms with van der Waals surface area (Å²) in [6.45, 7) is 5.69. The largest absolute Gasteiger partial charge is 0.444 e. The van der Waals surface area contributed by atoms with Crippen molar-refractivity contribution in [1.82, 2.24) is 14.5 Å². The van der Waals surface area contributed by atoms with Gasteiger partial charge in [-0.3, -0.25) is 4.57 Å². The van der Waals surface area contributed by atoms with Crippen molar-refractivity contribution in [1.29, 1.82) is 0 Å². The molecule has 6 nitrogen and oxygen atoms in total. The molecule has 28 heavy (non-hydrogen) atoms. The van der Waals surface area contributed by atoms with Gasteiger partial charge < -0.3 is 14.6 Å². The molecule has 1 aliphatic rings. The molecular formula is C19H24F3N3O3. The number of aromatic amines is 1. The van der Waals surface area contributed by atoms with E-state index in [1.807, 2.05) is 0 Å². The smallest absolute Gasteiger partial charge is 0.418 e. The van der Waals surface area contributed by atoms with Crippen molar-refractivity contribution in [2.75, 3.05) is 6.54 Å². The summed E-state index contributed by atoms with van der Waals surface area (Å²) in [7, 11) is 0. The Kier molecular flexibility index (Phi) is 5.20. The second kappa shape index (κ2) is 7.18. The van der Waals surface area contributed by atoms with E-state index in [-0.39, 0.29) is 17.6 Å². The summed E-state index contributed by atoms with van der Waals surface area (Å²) in [4.78, 5) is 29.0. The number of amides is 1. The van der Waals surface area contributed by atoms with Crippen molar-refractivity contribution in [2.45, 2.75) is 64.4 Å². The van der Waals surface area contributed by atoms with Gasteiger partial charge in [0.05, 0.1) is 22.6 Å². The number of aromatic nitrogens is 2. The van der Waals surface area contributed by atoms with Gasteiger partial charge in [-0.1, -0.05) is 6.07 Å². The number of nitrogens with zero attached hydrogens (tertiary/aromatic N) is 2. The molecular weight excluding hydrogens is 375 g/mol. The van der Waals surface area contributed by atoms with E-state index in [1.54, 1.807) is 20.8 Å². The first kappa shape index (κ1) is 20.3. The molecule has 1 unspecified atom stereocenters. The number of H-pyrrole nitrogens is 1. The highest BCUT2D eigenvalue weighted by atomic mass is 19.4. The standard InChI is InChI=1S/C19H24F3N3O3/c1-18(2,3)28-17(27)24-10-5-4-7-12(24)11-25-15-13(19(20,21)22)8-6-9-14(15)23-16(25)26/h6,8-9,12H,4-5,7,10-11H2,1-3H3,(H,23,26). The Bertz CT molecular complexity index is 924. The maximum absolute atomic E-state index is 13.5. The summed E-state index contributed by atoms with van der Waals surface area (Å²) in [6.07, 6.45) is -2.90. The van der Waals surface area contributed by atoms with Gasteiger partial charge in [0.1, 0.15) is 5.60 Å². The highest BCUT2D eigenvalue weighted by molar-refractivity contribution is 5.79. The molecule has 0 spiro atoms. The Balaban J connectivity index is 1.98. The first-order valence-electron chi connectivity index (χ1n) is 9.26. The lowest BCUT2D eigenvalue weighted by Crippen LogP contribution is -2.48. The predicted molar refractivity (Wildman–Crippen MR) is 98.1 cm³/mol. The van der Waals surface area contributed by atoms with Crippen molar-refractivity contribution < 1.29 is 22.7 Å². The van der Waals surface area contributed by atoms with Gasteiger partial charge in [-0.2, -0.15) is 13.2 Å². The van der Waals surface area contributed by atoms with Crippen LogP contribution in [0.3, 0.4) is 0 Å². The predicted octanol–water partition coefficient (Wildman–Crippen LogP) is 4.14. The van der Waals surface area contributed by atoms with Gasteiger partial charge in [-0.05, 0) is 52.2 Å². The van der Waals surface area contributed by atoms with Crippen LogP contribution in [0, 0.1) is 0 Å². The van der Waals surface area contributed by atoms with E-state index in [2.05, 4.69) is 4.98 Å². The van der Waals surface area contributed by atoms with E-state index in [0.29, 0.717) is 13.0 Å². The van der Waals surface area contributed by atoms with Crippen molar-refractivity contribution in [2.24, 2.45) is 0 Å². The number of nitrogens with one attached hydrogen (secondary N) is 1. The molecule has 2 aromatic rings. The number of hydrogen-bond acceptors (Lipinski definition) is 3. The number of rotatable bonds is 2.